The molecule has 0 saturated carbocycles. The minimum Gasteiger partial charge on any atom is -0.369 e. The van der Waals surface area contributed by atoms with Crippen LogP contribution in [0.4, 0.5) is 11.4 Å². The van der Waals surface area contributed by atoms with Gasteiger partial charge in [0, 0.05) is 37.6 Å². The van der Waals surface area contributed by atoms with Gasteiger partial charge >= 0.3 is 0 Å². The number of nitrogens with one attached hydrogen (secondary N) is 1. The third kappa shape index (κ3) is 4.25. The lowest BCUT2D eigenvalue weighted by molar-refractivity contribution is -0.117. The minimum atomic E-state index is -0.117. The van der Waals surface area contributed by atoms with E-state index < -0.39 is 0 Å². The van der Waals surface area contributed by atoms with Gasteiger partial charge < -0.3 is 15.1 Å². The second-order valence-corrected chi connectivity index (χ2v) is 7.15. The number of aryl methyl sites for hydroxylation is 1. The number of likely N-dealkylation sites (N-methyl/N-ethyl adjacent to an activating group) is 1. The Kier molecular flexibility index (Phi) is 5.94. The van der Waals surface area contributed by atoms with Crippen molar-refractivity contribution < 1.29 is 4.79 Å². The summed E-state index contributed by atoms with van der Waals surface area (Å²) in [6.07, 6.45) is 0.786. The van der Waals surface area contributed by atoms with Gasteiger partial charge in [-0.2, -0.15) is 0 Å². The number of hydrogen-bond acceptors (Lipinski definition) is 3. The van der Waals surface area contributed by atoms with Gasteiger partial charge in [-0.05, 0) is 49.7 Å². The number of piperazine rings is 1. The van der Waals surface area contributed by atoms with Crippen LogP contribution < -0.4 is 10.2 Å². The molecule has 138 valence electrons. The van der Waals surface area contributed by atoms with Crippen LogP contribution >= 0.6 is 0 Å². The summed E-state index contributed by atoms with van der Waals surface area (Å²) in [7, 11) is 2.17. The fourth-order valence-electron chi connectivity index (χ4n) is 3.62. The summed E-state index contributed by atoms with van der Waals surface area (Å²) in [5, 5.41) is 3.10. The molecule has 0 aromatic heterocycles. The zero-order valence-electron chi connectivity index (χ0n) is 16.0. The van der Waals surface area contributed by atoms with Gasteiger partial charge in [-0.1, -0.05) is 37.3 Å². The highest BCUT2D eigenvalue weighted by molar-refractivity contribution is 5.96. The Balaban J connectivity index is 1.70. The number of carbonyl (C=O) groups excluding carboxylic acids is 1. The lowest BCUT2D eigenvalue weighted by Gasteiger charge is -2.35. The predicted molar refractivity (Wildman–Crippen MR) is 109 cm³/mol. The SMILES string of the molecule is CCC(C(=O)Nc1ccc(N2CCN(C)CC2)c(C)c1)c1ccccc1. The fourth-order valence-corrected chi connectivity index (χ4v) is 3.62. The van der Waals surface area contributed by atoms with Crippen molar-refractivity contribution in [2.24, 2.45) is 0 Å². The van der Waals surface area contributed by atoms with Gasteiger partial charge in [0.15, 0.2) is 0 Å². The zero-order chi connectivity index (χ0) is 18.5. The normalized spacial score (nSPS) is 16.3. The van der Waals surface area contributed by atoms with E-state index in [2.05, 4.69) is 48.1 Å². The highest BCUT2D eigenvalue weighted by Gasteiger charge is 2.20. The van der Waals surface area contributed by atoms with Crippen LogP contribution in [-0.2, 0) is 4.79 Å². The van der Waals surface area contributed by atoms with Crippen LogP contribution in [0, 0.1) is 6.92 Å². The standard InChI is InChI=1S/C22H29N3O/c1-4-20(18-8-6-5-7-9-18)22(26)23-19-10-11-21(17(2)16-19)25-14-12-24(3)13-15-25/h5-11,16,20H,4,12-15H2,1-3H3,(H,23,26). The second kappa shape index (κ2) is 8.37. The summed E-state index contributed by atoms with van der Waals surface area (Å²) in [4.78, 5) is 17.5. The van der Waals surface area contributed by atoms with Gasteiger partial charge in [-0.15, -0.1) is 0 Å². The van der Waals surface area contributed by atoms with Crippen LogP contribution in [-0.4, -0.2) is 44.0 Å². The van der Waals surface area contributed by atoms with E-state index in [0.29, 0.717) is 0 Å². The molecule has 1 amide bonds. The molecule has 4 heteroatoms. The minimum absolute atomic E-state index is 0.0606. The van der Waals surface area contributed by atoms with E-state index >= 15 is 0 Å². The summed E-state index contributed by atoms with van der Waals surface area (Å²) in [6.45, 7) is 8.46. The zero-order valence-corrected chi connectivity index (χ0v) is 16.0. The third-order valence-electron chi connectivity index (χ3n) is 5.23. The van der Waals surface area contributed by atoms with Crippen molar-refractivity contribution in [1.29, 1.82) is 0 Å². The Hall–Kier alpha value is -2.33. The van der Waals surface area contributed by atoms with Crippen LogP contribution in [0.25, 0.3) is 0 Å². The number of nitrogens with zero attached hydrogens (tertiary/aromatic N) is 2. The molecule has 1 N–H and O–H groups in total. The number of amides is 1. The molecule has 1 aliphatic rings. The van der Waals surface area contributed by atoms with Crippen molar-refractivity contribution >= 4 is 17.3 Å². The predicted octanol–water partition coefficient (Wildman–Crippen LogP) is 3.88. The van der Waals surface area contributed by atoms with E-state index in [1.807, 2.05) is 36.4 Å². The lowest BCUT2D eigenvalue weighted by atomic mass is 9.95. The first kappa shape index (κ1) is 18.5. The molecule has 0 aliphatic carbocycles. The Bertz CT molecular complexity index is 736. The third-order valence-corrected chi connectivity index (χ3v) is 5.23. The average molecular weight is 351 g/mol. The van der Waals surface area contributed by atoms with Gasteiger partial charge in [-0.25, -0.2) is 0 Å². The Labute approximate surface area is 156 Å². The topological polar surface area (TPSA) is 35.6 Å². The summed E-state index contributed by atoms with van der Waals surface area (Å²) >= 11 is 0. The monoisotopic (exact) mass is 351 g/mol. The first-order valence-corrected chi connectivity index (χ1v) is 9.48. The number of carbonyl (C=O) groups is 1. The van der Waals surface area contributed by atoms with Crippen molar-refractivity contribution in [3.63, 3.8) is 0 Å². The van der Waals surface area contributed by atoms with E-state index in [1.165, 1.54) is 11.3 Å². The fraction of sp³-hybridized carbons (Fsp3) is 0.409. The number of hydrogen-bond donors (Lipinski definition) is 1. The van der Waals surface area contributed by atoms with Crippen molar-refractivity contribution in [2.75, 3.05) is 43.4 Å². The summed E-state index contributed by atoms with van der Waals surface area (Å²) in [6, 6.07) is 16.2. The number of anilines is 2. The van der Waals surface area contributed by atoms with Crippen molar-refractivity contribution in [2.45, 2.75) is 26.2 Å². The number of benzene rings is 2. The Morgan fingerprint density at radius 3 is 2.38 bits per heavy atom. The molecule has 1 unspecified atom stereocenters. The molecule has 2 aromatic rings. The van der Waals surface area contributed by atoms with Crippen LogP contribution in [0.5, 0.6) is 0 Å². The van der Waals surface area contributed by atoms with E-state index in [4.69, 9.17) is 0 Å². The molecular formula is C22H29N3O. The summed E-state index contributed by atoms with van der Waals surface area (Å²) in [5.41, 5.74) is 4.42. The summed E-state index contributed by atoms with van der Waals surface area (Å²) < 4.78 is 0. The van der Waals surface area contributed by atoms with Gasteiger partial charge in [-0.3, -0.25) is 4.79 Å². The quantitative estimate of drug-likeness (QED) is 0.888. The molecule has 0 radical (unpaired) electrons. The maximum atomic E-state index is 12.8. The second-order valence-electron chi connectivity index (χ2n) is 7.15. The number of rotatable bonds is 5. The molecular weight excluding hydrogens is 322 g/mol. The molecule has 1 heterocycles. The van der Waals surface area contributed by atoms with E-state index in [9.17, 15) is 4.79 Å². The van der Waals surface area contributed by atoms with Crippen LogP contribution in [0.1, 0.15) is 30.4 Å². The van der Waals surface area contributed by atoms with Gasteiger partial charge in [0.05, 0.1) is 5.92 Å². The van der Waals surface area contributed by atoms with Gasteiger partial charge in [0.1, 0.15) is 0 Å². The van der Waals surface area contributed by atoms with Crippen molar-refractivity contribution in [3.05, 3.63) is 59.7 Å². The Morgan fingerprint density at radius 2 is 1.77 bits per heavy atom. The maximum Gasteiger partial charge on any atom is 0.231 e. The van der Waals surface area contributed by atoms with E-state index in [-0.39, 0.29) is 11.8 Å². The smallest absolute Gasteiger partial charge is 0.231 e. The van der Waals surface area contributed by atoms with Crippen LogP contribution in [0.2, 0.25) is 0 Å². The molecule has 4 nitrogen and oxygen atoms in total. The molecule has 2 aromatic carbocycles. The molecule has 0 spiro atoms. The molecule has 0 bridgehead atoms. The van der Waals surface area contributed by atoms with Gasteiger partial charge in [0.2, 0.25) is 5.91 Å². The molecule has 1 saturated heterocycles. The lowest BCUT2D eigenvalue weighted by Crippen LogP contribution is -2.44. The van der Waals surface area contributed by atoms with Crippen molar-refractivity contribution in [3.8, 4) is 0 Å². The maximum absolute atomic E-state index is 12.8. The first-order chi connectivity index (χ1) is 12.6. The van der Waals surface area contributed by atoms with E-state index in [1.54, 1.807) is 0 Å². The first-order valence-electron chi connectivity index (χ1n) is 9.48. The highest BCUT2D eigenvalue weighted by Crippen LogP contribution is 2.26. The molecule has 1 aliphatic heterocycles. The molecule has 1 fully saturated rings. The Morgan fingerprint density at radius 1 is 1.08 bits per heavy atom. The van der Waals surface area contributed by atoms with Crippen LogP contribution in [0.3, 0.4) is 0 Å². The van der Waals surface area contributed by atoms with E-state index in [0.717, 1.165) is 43.9 Å². The van der Waals surface area contributed by atoms with Gasteiger partial charge in [0.25, 0.3) is 0 Å². The molecule has 1 atom stereocenters. The van der Waals surface area contributed by atoms with Crippen molar-refractivity contribution in [1.82, 2.24) is 4.90 Å². The average Bonchev–Trinajstić information content (AvgIpc) is 2.64. The molecule has 3 rings (SSSR count). The highest BCUT2D eigenvalue weighted by atomic mass is 16.1. The summed E-state index contributed by atoms with van der Waals surface area (Å²) in [5.74, 6) is -0.0562. The largest absolute Gasteiger partial charge is 0.369 e. The molecule has 26 heavy (non-hydrogen) atoms. The van der Waals surface area contributed by atoms with Crippen LogP contribution in [0.15, 0.2) is 48.5 Å².